The van der Waals surface area contributed by atoms with Crippen molar-refractivity contribution in [1.82, 2.24) is 10.2 Å². The van der Waals surface area contributed by atoms with Crippen LogP contribution in [0.4, 0.5) is 0 Å². The van der Waals surface area contributed by atoms with E-state index in [1.165, 1.54) is 0 Å². The number of rotatable bonds is 3. The van der Waals surface area contributed by atoms with Gasteiger partial charge in [0.05, 0.1) is 10.0 Å². The third-order valence-electron chi connectivity index (χ3n) is 2.55. The van der Waals surface area contributed by atoms with Crippen LogP contribution in [0.2, 0.25) is 15.2 Å². The van der Waals surface area contributed by atoms with E-state index in [1.54, 1.807) is 18.2 Å². The SMILES string of the molecule is CC(C)c1cc(Oc2c(Cl)cc(I)cc2Cl)nnc1Cl. The molecule has 3 nitrogen and oxygen atoms in total. The molecule has 0 unspecified atom stereocenters. The maximum atomic E-state index is 6.13. The van der Waals surface area contributed by atoms with E-state index in [9.17, 15) is 0 Å². The fourth-order valence-corrected chi connectivity index (χ4v) is 3.42. The molecule has 0 N–H and O–H groups in total. The molecule has 0 aliphatic heterocycles. The number of aromatic nitrogens is 2. The zero-order valence-electron chi connectivity index (χ0n) is 10.6. The molecule has 20 heavy (non-hydrogen) atoms. The van der Waals surface area contributed by atoms with Crippen LogP contribution in [0.3, 0.4) is 0 Å². The van der Waals surface area contributed by atoms with E-state index >= 15 is 0 Å². The molecule has 0 amide bonds. The Morgan fingerprint density at radius 3 is 2.20 bits per heavy atom. The van der Waals surface area contributed by atoms with Crippen LogP contribution in [0.15, 0.2) is 18.2 Å². The molecule has 0 radical (unpaired) electrons. The normalized spacial score (nSPS) is 10.9. The molecule has 106 valence electrons. The Labute approximate surface area is 145 Å². The summed E-state index contributed by atoms with van der Waals surface area (Å²) in [5.41, 5.74) is 0.856. The van der Waals surface area contributed by atoms with Gasteiger partial charge in [-0.2, -0.15) is 0 Å². The minimum atomic E-state index is 0.211. The lowest BCUT2D eigenvalue weighted by atomic mass is 10.1. The van der Waals surface area contributed by atoms with Crippen molar-refractivity contribution >= 4 is 57.4 Å². The first-order chi connectivity index (χ1) is 9.38. The van der Waals surface area contributed by atoms with Crippen molar-refractivity contribution in [2.45, 2.75) is 19.8 Å². The van der Waals surface area contributed by atoms with Crippen LogP contribution in [-0.2, 0) is 0 Å². The summed E-state index contributed by atoms with van der Waals surface area (Å²) in [4.78, 5) is 0. The van der Waals surface area contributed by atoms with E-state index in [2.05, 4.69) is 32.8 Å². The number of benzene rings is 1. The monoisotopic (exact) mass is 442 g/mol. The van der Waals surface area contributed by atoms with Gasteiger partial charge in [0.2, 0.25) is 5.88 Å². The maximum absolute atomic E-state index is 6.13. The summed E-state index contributed by atoms with van der Waals surface area (Å²) in [7, 11) is 0. The molecule has 2 aromatic rings. The average molecular weight is 443 g/mol. The van der Waals surface area contributed by atoms with Crippen LogP contribution in [-0.4, -0.2) is 10.2 Å². The van der Waals surface area contributed by atoms with Crippen LogP contribution in [0.25, 0.3) is 0 Å². The number of hydrogen-bond donors (Lipinski definition) is 0. The van der Waals surface area contributed by atoms with E-state index < -0.39 is 0 Å². The Kier molecular flexibility index (Phi) is 5.34. The Bertz CT molecular complexity index is 627. The molecule has 1 aromatic heterocycles. The van der Waals surface area contributed by atoms with Gasteiger partial charge in [0.1, 0.15) is 0 Å². The van der Waals surface area contributed by atoms with Crippen molar-refractivity contribution in [3.63, 3.8) is 0 Å². The van der Waals surface area contributed by atoms with Crippen molar-refractivity contribution in [3.8, 4) is 11.6 Å². The van der Waals surface area contributed by atoms with Gasteiger partial charge in [-0.3, -0.25) is 0 Å². The summed E-state index contributed by atoms with van der Waals surface area (Å²) in [5.74, 6) is 0.881. The van der Waals surface area contributed by atoms with Crippen molar-refractivity contribution in [2.24, 2.45) is 0 Å². The smallest absolute Gasteiger partial charge is 0.239 e. The Morgan fingerprint density at radius 2 is 1.65 bits per heavy atom. The molecule has 0 spiro atoms. The molecule has 0 aliphatic carbocycles. The Balaban J connectivity index is 2.38. The highest BCUT2D eigenvalue weighted by Crippen LogP contribution is 2.37. The predicted octanol–water partition coefficient (Wildman–Crippen LogP) is 5.96. The van der Waals surface area contributed by atoms with Gasteiger partial charge in [0, 0.05) is 9.64 Å². The van der Waals surface area contributed by atoms with Crippen molar-refractivity contribution in [3.05, 3.63) is 42.5 Å². The fourth-order valence-electron chi connectivity index (χ4n) is 1.56. The van der Waals surface area contributed by atoms with E-state index in [0.29, 0.717) is 26.8 Å². The van der Waals surface area contributed by atoms with Gasteiger partial charge in [-0.1, -0.05) is 48.7 Å². The van der Waals surface area contributed by atoms with Crippen LogP contribution < -0.4 is 4.74 Å². The minimum absolute atomic E-state index is 0.211. The lowest BCUT2D eigenvalue weighted by Crippen LogP contribution is -1.98. The van der Waals surface area contributed by atoms with Gasteiger partial charge in [-0.15, -0.1) is 10.2 Å². The minimum Gasteiger partial charge on any atom is -0.434 e. The molecule has 0 saturated carbocycles. The first kappa shape index (κ1) is 16.1. The second-order valence-electron chi connectivity index (χ2n) is 4.38. The summed E-state index contributed by atoms with van der Waals surface area (Å²) in [5, 5.41) is 8.98. The van der Waals surface area contributed by atoms with Crippen molar-refractivity contribution in [1.29, 1.82) is 0 Å². The first-order valence-electron chi connectivity index (χ1n) is 5.74. The molecule has 1 heterocycles. The highest BCUT2D eigenvalue weighted by molar-refractivity contribution is 14.1. The van der Waals surface area contributed by atoms with Gasteiger partial charge in [0.25, 0.3) is 0 Å². The molecular formula is C13H10Cl3IN2O. The van der Waals surface area contributed by atoms with Crippen LogP contribution in [0, 0.1) is 3.57 Å². The third kappa shape index (κ3) is 3.67. The van der Waals surface area contributed by atoms with Gasteiger partial charge in [-0.25, -0.2) is 0 Å². The van der Waals surface area contributed by atoms with Crippen LogP contribution in [0.5, 0.6) is 11.6 Å². The van der Waals surface area contributed by atoms with Crippen LogP contribution in [0.1, 0.15) is 25.3 Å². The number of hydrogen-bond acceptors (Lipinski definition) is 3. The zero-order chi connectivity index (χ0) is 14.9. The molecule has 2 rings (SSSR count). The number of ether oxygens (including phenoxy) is 1. The maximum Gasteiger partial charge on any atom is 0.239 e. The van der Waals surface area contributed by atoms with Crippen LogP contribution >= 0.6 is 57.4 Å². The van der Waals surface area contributed by atoms with E-state index in [0.717, 1.165) is 9.13 Å². The van der Waals surface area contributed by atoms with Gasteiger partial charge < -0.3 is 4.74 Å². The second kappa shape index (κ2) is 6.64. The summed E-state index contributed by atoms with van der Waals surface area (Å²) in [6, 6.07) is 5.26. The number of nitrogens with zero attached hydrogens (tertiary/aromatic N) is 2. The van der Waals surface area contributed by atoms with Gasteiger partial charge in [-0.05, 0) is 46.2 Å². The molecule has 7 heteroatoms. The summed E-state index contributed by atoms with van der Waals surface area (Å²) in [6.45, 7) is 4.02. The lowest BCUT2D eigenvalue weighted by molar-refractivity contribution is 0.454. The average Bonchev–Trinajstić information content (AvgIpc) is 2.35. The predicted molar refractivity (Wildman–Crippen MR) is 90.4 cm³/mol. The van der Waals surface area contributed by atoms with Crippen molar-refractivity contribution < 1.29 is 4.74 Å². The number of halogens is 4. The molecule has 0 saturated heterocycles. The standard InChI is InChI=1S/C13H10Cl3IN2O/c1-6(2)8-5-11(18-19-13(8)16)20-12-9(14)3-7(17)4-10(12)15/h3-6H,1-2H3. The highest BCUT2D eigenvalue weighted by Gasteiger charge is 2.14. The molecular weight excluding hydrogens is 433 g/mol. The van der Waals surface area contributed by atoms with Gasteiger partial charge in [0.15, 0.2) is 10.9 Å². The second-order valence-corrected chi connectivity index (χ2v) is 6.80. The molecule has 0 bridgehead atoms. The van der Waals surface area contributed by atoms with E-state index in [4.69, 9.17) is 39.5 Å². The largest absolute Gasteiger partial charge is 0.434 e. The lowest BCUT2D eigenvalue weighted by Gasteiger charge is -2.11. The molecule has 0 atom stereocenters. The fraction of sp³-hybridized carbons (Fsp3) is 0.231. The summed E-state index contributed by atoms with van der Waals surface area (Å²) < 4.78 is 6.57. The molecule has 0 aliphatic rings. The van der Waals surface area contributed by atoms with Crippen molar-refractivity contribution in [2.75, 3.05) is 0 Å². The van der Waals surface area contributed by atoms with E-state index in [1.807, 2.05) is 13.8 Å². The molecule has 1 aromatic carbocycles. The Hall–Kier alpha value is -0.300. The third-order valence-corrected chi connectivity index (χ3v) is 4.02. The first-order valence-corrected chi connectivity index (χ1v) is 7.95. The molecule has 0 fully saturated rings. The summed E-state index contributed by atoms with van der Waals surface area (Å²) >= 11 is 20.4. The topological polar surface area (TPSA) is 35.0 Å². The summed E-state index contributed by atoms with van der Waals surface area (Å²) in [6.07, 6.45) is 0. The Morgan fingerprint density at radius 1 is 1.05 bits per heavy atom. The van der Waals surface area contributed by atoms with E-state index in [-0.39, 0.29) is 5.92 Å². The quantitative estimate of drug-likeness (QED) is 0.550. The van der Waals surface area contributed by atoms with Gasteiger partial charge >= 0.3 is 0 Å². The highest BCUT2D eigenvalue weighted by atomic mass is 127. The zero-order valence-corrected chi connectivity index (χ0v) is 15.0.